The van der Waals surface area contributed by atoms with Gasteiger partial charge in [0.2, 0.25) is 5.91 Å². The normalized spacial score (nSPS) is 30.3. The van der Waals surface area contributed by atoms with Gasteiger partial charge in [0.1, 0.15) is 0 Å². The molecule has 0 bridgehead atoms. The average Bonchev–Trinajstić information content (AvgIpc) is 3.56. The zero-order chi connectivity index (χ0) is 26.3. The Bertz CT molecular complexity index is 1430. The number of carbonyl (C=O) groups excluding carboxylic acids is 1. The number of hydrogen-bond acceptors (Lipinski definition) is 6. The molecule has 2 saturated heterocycles. The van der Waals surface area contributed by atoms with Crippen molar-refractivity contribution in [1.29, 1.82) is 0 Å². The number of fused-ring (bicyclic) bond motifs is 2. The van der Waals surface area contributed by atoms with Crippen molar-refractivity contribution in [3.63, 3.8) is 0 Å². The van der Waals surface area contributed by atoms with E-state index in [9.17, 15) is 4.79 Å². The van der Waals surface area contributed by atoms with Crippen LogP contribution in [0.3, 0.4) is 0 Å². The highest BCUT2D eigenvalue weighted by Gasteiger charge is 2.55. The smallest absolute Gasteiger partial charge is 0.245 e. The van der Waals surface area contributed by atoms with Crippen LogP contribution in [-0.2, 0) is 11.8 Å². The zero-order valence-electron chi connectivity index (χ0n) is 22.2. The number of rotatable bonds is 4. The predicted octanol–water partition coefficient (Wildman–Crippen LogP) is 3.31. The number of aromatic nitrogens is 5. The summed E-state index contributed by atoms with van der Waals surface area (Å²) < 4.78 is 4.06. The number of halogens is 1. The Morgan fingerprint density at radius 3 is 2.84 bits per heavy atom. The fourth-order valence-electron chi connectivity index (χ4n) is 7.75. The van der Waals surface area contributed by atoms with Gasteiger partial charge < -0.3 is 4.90 Å². The lowest BCUT2D eigenvalue weighted by Gasteiger charge is -2.58. The van der Waals surface area contributed by atoms with Gasteiger partial charge in [0.15, 0.2) is 5.65 Å². The van der Waals surface area contributed by atoms with Crippen LogP contribution < -0.4 is 10.9 Å². The number of carbonyl (C=O) groups is 1. The highest BCUT2D eigenvalue weighted by atomic mass is 35.5. The number of hydrogen-bond donors (Lipinski definition) is 2. The molecule has 3 aromatic rings. The van der Waals surface area contributed by atoms with E-state index in [1.165, 1.54) is 17.3 Å². The van der Waals surface area contributed by atoms with Crippen molar-refractivity contribution in [1.82, 2.24) is 40.3 Å². The summed E-state index contributed by atoms with van der Waals surface area (Å²) in [6, 6.07) is 2.88. The largest absolute Gasteiger partial charge is 0.338 e. The number of nitrogens with one attached hydrogen (secondary N) is 2. The molecule has 4 aliphatic rings. The molecular formula is C28H35ClN8O. The SMILES string of the molecule is C=CC(=O)N1CC2(CC(n3nc(-c4cnc5c(cnn5C)c4)c(C4C(Cl)C(C)CC5NNCC54)c3C)C2)C1. The van der Waals surface area contributed by atoms with Crippen LogP contribution in [-0.4, -0.2) is 66.4 Å². The summed E-state index contributed by atoms with van der Waals surface area (Å²) in [6.45, 7) is 10.7. The molecule has 7 rings (SSSR count). The van der Waals surface area contributed by atoms with Gasteiger partial charge in [-0.05, 0) is 50.2 Å². The van der Waals surface area contributed by atoms with E-state index in [2.05, 4.69) is 47.1 Å². The van der Waals surface area contributed by atoms with Crippen LogP contribution in [0.1, 0.15) is 49.4 Å². The maximum atomic E-state index is 12.0. The minimum atomic E-state index is 0.0287. The van der Waals surface area contributed by atoms with Crippen molar-refractivity contribution in [3.05, 3.63) is 42.4 Å². The van der Waals surface area contributed by atoms with Gasteiger partial charge in [0.05, 0.1) is 17.9 Å². The third-order valence-electron chi connectivity index (χ3n) is 9.71. The Morgan fingerprint density at radius 1 is 1.29 bits per heavy atom. The molecule has 9 nitrogen and oxygen atoms in total. The third-order valence-corrected chi connectivity index (χ3v) is 10.4. The summed E-state index contributed by atoms with van der Waals surface area (Å²) in [7, 11) is 1.91. The molecule has 5 unspecified atom stereocenters. The number of amides is 1. The summed E-state index contributed by atoms with van der Waals surface area (Å²) >= 11 is 7.27. The van der Waals surface area contributed by atoms with Gasteiger partial charge in [-0.2, -0.15) is 10.2 Å². The molecule has 2 aliphatic heterocycles. The molecule has 1 spiro atoms. The fourth-order valence-corrected chi connectivity index (χ4v) is 8.17. The Morgan fingerprint density at radius 2 is 2.08 bits per heavy atom. The lowest BCUT2D eigenvalue weighted by Crippen LogP contribution is -2.63. The molecule has 10 heteroatoms. The molecule has 5 atom stereocenters. The predicted molar refractivity (Wildman–Crippen MR) is 147 cm³/mol. The Kier molecular flexibility index (Phi) is 5.52. The number of nitrogens with zero attached hydrogens (tertiary/aromatic N) is 6. The molecule has 5 heterocycles. The second-order valence-electron chi connectivity index (χ2n) is 12.1. The lowest BCUT2D eigenvalue weighted by molar-refractivity contribution is -0.149. The van der Waals surface area contributed by atoms with E-state index in [0.717, 1.165) is 61.2 Å². The van der Waals surface area contributed by atoms with E-state index in [0.29, 0.717) is 23.9 Å². The molecule has 2 aliphatic carbocycles. The van der Waals surface area contributed by atoms with Crippen LogP contribution in [0.25, 0.3) is 22.3 Å². The van der Waals surface area contributed by atoms with Gasteiger partial charge in [0, 0.05) is 77.8 Å². The number of alkyl halides is 1. The van der Waals surface area contributed by atoms with Gasteiger partial charge in [-0.25, -0.2) is 4.98 Å². The van der Waals surface area contributed by atoms with E-state index in [4.69, 9.17) is 21.7 Å². The number of hydrazine groups is 1. The van der Waals surface area contributed by atoms with Crippen LogP contribution in [0.4, 0.5) is 0 Å². The van der Waals surface area contributed by atoms with Crippen molar-refractivity contribution < 1.29 is 4.79 Å². The topological polar surface area (TPSA) is 92.9 Å². The first-order chi connectivity index (χ1) is 18.3. The van der Waals surface area contributed by atoms with E-state index in [1.807, 2.05) is 24.3 Å². The Hall–Kier alpha value is -2.75. The van der Waals surface area contributed by atoms with E-state index >= 15 is 0 Å². The van der Waals surface area contributed by atoms with Crippen LogP contribution in [0.2, 0.25) is 0 Å². The molecule has 0 radical (unpaired) electrons. The first kappa shape index (κ1) is 24.3. The molecule has 1 amide bonds. The summed E-state index contributed by atoms with van der Waals surface area (Å²) in [5.41, 5.74) is 12.5. The van der Waals surface area contributed by atoms with Crippen LogP contribution in [0.15, 0.2) is 31.1 Å². The number of pyridine rings is 1. The van der Waals surface area contributed by atoms with Gasteiger partial charge >= 0.3 is 0 Å². The highest BCUT2D eigenvalue weighted by molar-refractivity contribution is 6.21. The summed E-state index contributed by atoms with van der Waals surface area (Å²) in [4.78, 5) is 18.6. The van der Waals surface area contributed by atoms with Gasteiger partial charge in [-0.3, -0.25) is 25.0 Å². The quantitative estimate of drug-likeness (QED) is 0.394. The molecule has 0 aromatic carbocycles. The summed E-state index contributed by atoms with van der Waals surface area (Å²) in [5.74, 6) is 1.00. The van der Waals surface area contributed by atoms with Gasteiger partial charge in [0.25, 0.3) is 0 Å². The minimum absolute atomic E-state index is 0.0287. The van der Waals surface area contributed by atoms with Gasteiger partial charge in [-0.15, -0.1) is 11.6 Å². The fraction of sp³-hybridized carbons (Fsp3) is 0.571. The highest BCUT2D eigenvalue weighted by Crippen LogP contribution is 2.56. The zero-order valence-corrected chi connectivity index (χ0v) is 22.9. The molecule has 2 N–H and O–H groups in total. The number of aryl methyl sites for hydroxylation is 1. The summed E-state index contributed by atoms with van der Waals surface area (Å²) in [5, 5.41) is 10.7. The Balaban J connectivity index is 1.28. The van der Waals surface area contributed by atoms with Crippen LogP contribution >= 0.6 is 11.6 Å². The molecule has 200 valence electrons. The molecule has 2 saturated carbocycles. The first-order valence-corrected chi connectivity index (χ1v) is 14.1. The average molecular weight is 535 g/mol. The molecule has 4 fully saturated rings. The maximum absolute atomic E-state index is 12.0. The monoisotopic (exact) mass is 534 g/mol. The second kappa shape index (κ2) is 8.63. The third kappa shape index (κ3) is 3.51. The van der Waals surface area contributed by atoms with Gasteiger partial charge in [-0.1, -0.05) is 13.5 Å². The molecular weight excluding hydrogens is 500 g/mol. The standard InChI is InChI=1S/C28H35ClN8O/c1-5-22(38)36-13-28(14-36)8-19(9-28)37-16(3)23(24-20-12-31-33-21(20)6-15(2)25(24)29)26(34-37)17-7-18-11-32-35(4)27(18)30-10-17/h5,7,10-11,15,19-21,24-25,31,33H,1,6,8-9,12-14H2,2-4H3. The lowest BCUT2D eigenvalue weighted by atomic mass is 9.60. The minimum Gasteiger partial charge on any atom is -0.338 e. The van der Waals surface area contributed by atoms with Crippen LogP contribution in [0, 0.1) is 24.2 Å². The van der Waals surface area contributed by atoms with E-state index < -0.39 is 0 Å². The van der Waals surface area contributed by atoms with Crippen molar-refractivity contribution >= 4 is 28.5 Å². The van der Waals surface area contributed by atoms with Crippen molar-refractivity contribution in [2.75, 3.05) is 19.6 Å². The van der Waals surface area contributed by atoms with Crippen molar-refractivity contribution in [2.45, 2.75) is 56.5 Å². The first-order valence-electron chi connectivity index (χ1n) is 13.7. The molecule has 38 heavy (non-hydrogen) atoms. The van der Waals surface area contributed by atoms with E-state index in [-0.39, 0.29) is 22.6 Å². The maximum Gasteiger partial charge on any atom is 0.245 e. The molecule has 3 aromatic heterocycles. The van der Waals surface area contributed by atoms with Crippen molar-refractivity contribution in [3.8, 4) is 11.3 Å². The number of likely N-dealkylation sites (tertiary alicyclic amines) is 1. The Labute approximate surface area is 227 Å². The summed E-state index contributed by atoms with van der Waals surface area (Å²) in [6.07, 6.45) is 8.36. The van der Waals surface area contributed by atoms with Crippen LogP contribution in [0.5, 0.6) is 0 Å². The van der Waals surface area contributed by atoms with Crippen molar-refractivity contribution in [2.24, 2.45) is 24.3 Å². The second-order valence-corrected chi connectivity index (χ2v) is 12.6. The van der Waals surface area contributed by atoms with E-state index in [1.54, 1.807) is 4.68 Å².